The second-order valence-corrected chi connectivity index (χ2v) is 3.97. The van der Waals surface area contributed by atoms with E-state index in [0.29, 0.717) is 18.8 Å². The molecule has 2 aromatic rings. The van der Waals surface area contributed by atoms with E-state index in [1.807, 2.05) is 0 Å². The number of nitrogens with one attached hydrogen (secondary N) is 2. The van der Waals surface area contributed by atoms with Crippen LogP contribution in [0.2, 0.25) is 0 Å². The lowest BCUT2D eigenvalue weighted by atomic mass is 10.1. The summed E-state index contributed by atoms with van der Waals surface area (Å²) in [4.78, 5) is 25.9. The Hall–Kier alpha value is -2.97. The predicted molar refractivity (Wildman–Crippen MR) is 69.9 cm³/mol. The Morgan fingerprint density at radius 3 is 2.95 bits per heavy atom. The van der Waals surface area contributed by atoms with E-state index in [2.05, 4.69) is 20.5 Å². The topological polar surface area (TPSA) is 140 Å². The molecule has 0 atom stereocenters. The number of rotatable bonds is 5. The highest BCUT2D eigenvalue weighted by Gasteiger charge is 2.14. The fourth-order valence-corrected chi connectivity index (χ4v) is 1.60. The molecular formula is C11H12N6O3. The summed E-state index contributed by atoms with van der Waals surface area (Å²) < 4.78 is 0. The molecule has 2 rings (SSSR count). The number of non-ortho nitro benzene ring substituents is 1. The third-order valence-electron chi connectivity index (χ3n) is 2.60. The third kappa shape index (κ3) is 3.07. The van der Waals surface area contributed by atoms with Crippen LogP contribution in [0.1, 0.15) is 16.2 Å². The zero-order valence-electron chi connectivity index (χ0n) is 10.4. The van der Waals surface area contributed by atoms with Gasteiger partial charge in [-0.2, -0.15) is 5.10 Å². The minimum atomic E-state index is -0.579. The molecule has 20 heavy (non-hydrogen) atoms. The summed E-state index contributed by atoms with van der Waals surface area (Å²) in [5.74, 6) is 0.169. The van der Waals surface area contributed by atoms with Crippen LogP contribution in [-0.2, 0) is 6.42 Å². The molecule has 1 aromatic heterocycles. The van der Waals surface area contributed by atoms with Gasteiger partial charge in [0.15, 0.2) is 0 Å². The van der Waals surface area contributed by atoms with Gasteiger partial charge in [0.25, 0.3) is 11.6 Å². The SMILES string of the molecule is Nc1ccc([N+](=O)[O-])cc1C(=O)NCCc1ncn[nH]1. The normalized spacial score (nSPS) is 10.2. The molecule has 0 unspecified atom stereocenters. The summed E-state index contributed by atoms with van der Waals surface area (Å²) in [6, 6.07) is 3.74. The highest BCUT2D eigenvalue weighted by atomic mass is 16.6. The number of benzene rings is 1. The number of nitrogen functional groups attached to an aromatic ring is 1. The Kier molecular flexibility index (Phi) is 3.89. The van der Waals surface area contributed by atoms with Gasteiger partial charge in [-0.25, -0.2) is 4.98 Å². The van der Waals surface area contributed by atoms with Gasteiger partial charge in [0.2, 0.25) is 0 Å². The number of anilines is 1. The van der Waals surface area contributed by atoms with E-state index in [9.17, 15) is 14.9 Å². The summed E-state index contributed by atoms with van der Waals surface area (Å²) in [6.45, 7) is 0.316. The van der Waals surface area contributed by atoms with E-state index in [0.717, 1.165) is 6.07 Å². The molecule has 1 heterocycles. The van der Waals surface area contributed by atoms with Crippen molar-refractivity contribution in [1.82, 2.24) is 20.5 Å². The quantitative estimate of drug-likeness (QED) is 0.406. The number of nitrogens with zero attached hydrogens (tertiary/aromatic N) is 3. The Balaban J connectivity index is 2.01. The lowest BCUT2D eigenvalue weighted by molar-refractivity contribution is -0.384. The largest absolute Gasteiger partial charge is 0.398 e. The van der Waals surface area contributed by atoms with Crippen LogP contribution in [0.15, 0.2) is 24.5 Å². The van der Waals surface area contributed by atoms with Gasteiger partial charge in [-0.3, -0.25) is 20.0 Å². The second-order valence-electron chi connectivity index (χ2n) is 3.97. The molecule has 4 N–H and O–H groups in total. The van der Waals surface area contributed by atoms with Crippen LogP contribution in [0, 0.1) is 10.1 Å². The number of nitro benzene ring substituents is 1. The molecule has 0 bridgehead atoms. The minimum absolute atomic E-state index is 0.0803. The molecule has 0 fully saturated rings. The molecule has 104 valence electrons. The van der Waals surface area contributed by atoms with E-state index >= 15 is 0 Å². The molecule has 0 aliphatic heterocycles. The van der Waals surface area contributed by atoms with Gasteiger partial charge in [0, 0.05) is 30.8 Å². The average Bonchev–Trinajstić information content (AvgIpc) is 2.92. The molecule has 0 saturated carbocycles. The van der Waals surface area contributed by atoms with Crippen LogP contribution in [0.25, 0.3) is 0 Å². The van der Waals surface area contributed by atoms with Crippen LogP contribution in [0.3, 0.4) is 0 Å². The first-order chi connectivity index (χ1) is 9.58. The van der Waals surface area contributed by atoms with Crippen molar-refractivity contribution >= 4 is 17.3 Å². The Labute approximate surface area is 113 Å². The number of amides is 1. The van der Waals surface area contributed by atoms with Crippen molar-refractivity contribution in [2.24, 2.45) is 0 Å². The maximum Gasteiger partial charge on any atom is 0.270 e. The van der Waals surface area contributed by atoms with Gasteiger partial charge in [0.05, 0.1) is 10.5 Å². The summed E-state index contributed by atoms with van der Waals surface area (Å²) in [6.07, 6.45) is 1.84. The molecule has 9 heteroatoms. The zero-order chi connectivity index (χ0) is 14.5. The first-order valence-corrected chi connectivity index (χ1v) is 5.74. The lowest BCUT2D eigenvalue weighted by Gasteiger charge is -2.06. The maximum absolute atomic E-state index is 11.9. The number of carbonyl (C=O) groups is 1. The molecule has 0 saturated heterocycles. The Morgan fingerprint density at radius 2 is 2.30 bits per heavy atom. The Morgan fingerprint density at radius 1 is 1.50 bits per heavy atom. The number of hydrogen-bond acceptors (Lipinski definition) is 6. The molecule has 0 aliphatic rings. The molecule has 1 amide bonds. The monoisotopic (exact) mass is 276 g/mol. The average molecular weight is 276 g/mol. The van der Waals surface area contributed by atoms with E-state index < -0.39 is 10.8 Å². The zero-order valence-corrected chi connectivity index (χ0v) is 10.4. The van der Waals surface area contributed by atoms with Crippen molar-refractivity contribution in [3.05, 3.63) is 46.0 Å². The summed E-state index contributed by atoms with van der Waals surface area (Å²) in [7, 11) is 0. The fraction of sp³-hybridized carbons (Fsp3) is 0.182. The van der Waals surface area contributed by atoms with Gasteiger partial charge in [-0.15, -0.1) is 0 Å². The highest BCUT2D eigenvalue weighted by molar-refractivity contribution is 5.99. The number of carbonyl (C=O) groups excluding carboxylic acids is 1. The molecule has 0 aliphatic carbocycles. The number of H-pyrrole nitrogens is 1. The second kappa shape index (κ2) is 5.78. The van der Waals surface area contributed by atoms with Gasteiger partial charge < -0.3 is 11.1 Å². The van der Waals surface area contributed by atoms with Crippen molar-refractivity contribution in [1.29, 1.82) is 0 Å². The number of nitro groups is 1. The van der Waals surface area contributed by atoms with E-state index in [1.54, 1.807) is 0 Å². The first-order valence-electron chi connectivity index (χ1n) is 5.74. The number of nitrogens with two attached hydrogens (primary N) is 1. The third-order valence-corrected chi connectivity index (χ3v) is 2.60. The first kappa shape index (κ1) is 13.5. The fourth-order valence-electron chi connectivity index (χ4n) is 1.60. The summed E-state index contributed by atoms with van der Waals surface area (Å²) in [5, 5.41) is 19.6. The Bertz CT molecular complexity index is 625. The van der Waals surface area contributed by atoms with Crippen LogP contribution in [-0.4, -0.2) is 32.6 Å². The van der Waals surface area contributed by atoms with Crippen molar-refractivity contribution in [3.8, 4) is 0 Å². The van der Waals surface area contributed by atoms with Crippen molar-refractivity contribution < 1.29 is 9.72 Å². The standard InChI is InChI=1S/C11H12N6O3/c12-9-2-1-7(17(19)20)5-8(9)11(18)13-4-3-10-14-6-15-16-10/h1-2,5-6H,3-4,12H2,(H,13,18)(H,14,15,16). The molecule has 9 nitrogen and oxygen atoms in total. The molecular weight excluding hydrogens is 264 g/mol. The van der Waals surface area contributed by atoms with Crippen LogP contribution < -0.4 is 11.1 Å². The van der Waals surface area contributed by atoms with Crippen LogP contribution in [0.4, 0.5) is 11.4 Å². The van der Waals surface area contributed by atoms with Gasteiger partial charge in [-0.05, 0) is 6.07 Å². The minimum Gasteiger partial charge on any atom is -0.398 e. The maximum atomic E-state index is 11.9. The van der Waals surface area contributed by atoms with Crippen LogP contribution in [0.5, 0.6) is 0 Å². The predicted octanol–water partition coefficient (Wildman–Crippen LogP) is 0.268. The van der Waals surface area contributed by atoms with Crippen molar-refractivity contribution in [2.75, 3.05) is 12.3 Å². The van der Waals surface area contributed by atoms with Gasteiger partial charge in [-0.1, -0.05) is 0 Å². The molecule has 0 radical (unpaired) electrons. The van der Waals surface area contributed by atoms with E-state index in [4.69, 9.17) is 5.73 Å². The summed E-state index contributed by atoms with van der Waals surface area (Å²) in [5.41, 5.74) is 5.73. The highest BCUT2D eigenvalue weighted by Crippen LogP contribution is 2.19. The van der Waals surface area contributed by atoms with E-state index in [1.165, 1.54) is 18.5 Å². The smallest absolute Gasteiger partial charge is 0.270 e. The van der Waals surface area contributed by atoms with Crippen LogP contribution >= 0.6 is 0 Å². The molecule has 1 aromatic carbocycles. The van der Waals surface area contributed by atoms with Crippen molar-refractivity contribution in [2.45, 2.75) is 6.42 Å². The van der Waals surface area contributed by atoms with Gasteiger partial charge in [0.1, 0.15) is 12.2 Å². The number of hydrogen-bond donors (Lipinski definition) is 3. The summed E-state index contributed by atoms with van der Waals surface area (Å²) >= 11 is 0. The van der Waals surface area contributed by atoms with E-state index in [-0.39, 0.29) is 16.9 Å². The number of aromatic nitrogens is 3. The van der Waals surface area contributed by atoms with Gasteiger partial charge >= 0.3 is 0 Å². The lowest BCUT2D eigenvalue weighted by Crippen LogP contribution is -2.26. The van der Waals surface area contributed by atoms with Crippen molar-refractivity contribution in [3.63, 3.8) is 0 Å². The number of aromatic amines is 1. The molecule has 0 spiro atoms.